The zero-order chi connectivity index (χ0) is 17.5. The SMILES string of the molecule is O=C(O)c1cc2c(c(S(=O)(=O)Nc3c(F)cccc3F)c1)CCC2. The number of rotatable bonds is 4. The molecule has 0 aliphatic heterocycles. The number of aromatic carboxylic acids is 1. The van der Waals surface area contributed by atoms with E-state index in [2.05, 4.69) is 0 Å². The first-order valence-corrected chi connectivity index (χ1v) is 8.64. The topological polar surface area (TPSA) is 83.5 Å². The maximum Gasteiger partial charge on any atom is 0.335 e. The molecule has 24 heavy (non-hydrogen) atoms. The molecule has 0 unspecified atom stereocenters. The Balaban J connectivity index is 2.12. The molecule has 0 heterocycles. The molecular formula is C16H13F2NO4S. The highest BCUT2D eigenvalue weighted by molar-refractivity contribution is 7.92. The van der Waals surface area contributed by atoms with Crippen molar-refractivity contribution in [3.05, 3.63) is 58.7 Å². The van der Waals surface area contributed by atoms with Gasteiger partial charge in [-0.25, -0.2) is 22.0 Å². The minimum Gasteiger partial charge on any atom is -0.478 e. The summed E-state index contributed by atoms with van der Waals surface area (Å²) in [5, 5.41) is 9.15. The van der Waals surface area contributed by atoms with Gasteiger partial charge in [-0.15, -0.1) is 0 Å². The summed E-state index contributed by atoms with van der Waals surface area (Å²) < 4.78 is 54.5. The van der Waals surface area contributed by atoms with Gasteiger partial charge in [-0.2, -0.15) is 0 Å². The van der Waals surface area contributed by atoms with E-state index < -0.39 is 33.3 Å². The Kier molecular flexibility index (Phi) is 4.00. The van der Waals surface area contributed by atoms with Crippen molar-refractivity contribution in [2.75, 3.05) is 4.72 Å². The lowest BCUT2D eigenvalue weighted by molar-refractivity contribution is 0.0696. The quantitative estimate of drug-likeness (QED) is 0.885. The fourth-order valence-corrected chi connectivity index (χ4v) is 4.23. The highest BCUT2D eigenvalue weighted by atomic mass is 32.2. The molecule has 0 radical (unpaired) electrons. The summed E-state index contributed by atoms with van der Waals surface area (Å²) in [7, 11) is -4.33. The summed E-state index contributed by atoms with van der Waals surface area (Å²) in [5.41, 5.74) is 0.156. The third-order valence-corrected chi connectivity index (χ3v) is 5.33. The van der Waals surface area contributed by atoms with E-state index in [-0.39, 0.29) is 10.5 Å². The maximum atomic E-state index is 13.7. The molecule has 1 aliphatic rings. The minimum absolute atomic E-state index is 0.176. The van der Waals surface area contributed by atoms with Crippen LogP contribution in [-0.2, 0) is 22.9 Å². The van der Waals surface area contributed by atoms with E-state index in [0.717, 1.165) is 24.3 Å². The van der Waals surface area contributed by atoms with Crippen molar-refractivity contribution in [3.63, 3.8) is 0 Å². The number of hydrogen-bond acceptors (Lipinski definition) is 3. The van der Waals surface area contributed by atoms with Crippen LogP contribution >= 0.6 is 0 Å². The number of sulfonamides is 1. The molecule has 2 aromatic rings. The number of anilines is 1. The molecule has 5 nitrogen and oxygen atoms in total. The standard InChI is InChI=1S/C16H13F2NO4S/c17-12-5-2-6-13(18)15(12)19-24(22,23)14-8-10(16(20)21)7-9-3-1-4-11(9)14/h2,5-8,19H,1,3-4H2,(H,20,21). The average Bonchev–Trinajstić information content (AvgIpc) is 2.98. The van der Waals surface area contributed by atoms with Gasteiger partial charge in [0.05, 0.1) is 10.5 Å². The fourth-order valence-electron chi connectivity index (χ4n) is 2.81. The number of halogens is 2. The second-order valence-electron chi connectivity index (χ2n) is 5.47. The predicted molar refractivity (Wildman–Crippen MR) is 82.6 cm³/mol. The van der Waals surface area contributed by atoms with Gasteiger partial charge in [-0.1, -0.05) is 6.07 Å². The number of fused-ring (bicyclic) bond motifs is 1. The molecule has 0 aromatic heterocycles. The number of carboxylic acid groups (broad SMARTS) is 1. The fraction of sp³-hybridized carbons (Fsp3) is 0.188. The van der Waals surface area contributed by atoms with Crippen LogP contribution in [0, 0.1) is 11.6 Å². The molecule has 0 spiro atoms. The third-order valence-electron chi connectivity index (χ3n) is 3.91. The largest absolute Gasteiger partial charge is 0.478 e. The van der Waals surface area contributed by atoms with Crippen LogP contribution in [0.5, 0.6) is 0 Å². The average molecular weight is 353 g/mol. The molecule has 0 fully saturated rings. The summed E-state index contributed by atoms with van der Waals surface area (Å²) in [5.74, 6) is -3.37. The Morgan fingerprint density at radius 2 is 1.79 bits per heavy atom. The molecule has 0 saturated heterocycles. The van der Waals surface area contributed by atoms with Crippen LogP contribution < -0.4 is 4.72 Å². The van der Waals surface area contributed by atoms with Crippen molar-refractivity contribution in [2.24, 2.45) is 0 Å². The second kappa shape index (κ2) is 5.86. The molecule has 3 rings (SSSR count). The van der Waals surface area contributed by atoms with Crippen LogP contribution in [0.1, 0.15) is 27.9 Å². The normalized spacial score (nSPS) is 13.6. The van der Waals surface area contributed by atoms with E-state index >= 15 is 0 Å². The van der Waals surface area contributed by atoms with Gasteiger partial charge in [0.25, 0.3) is 10.0 Å². The molecule has 0 amide bonds. The van der Waals surface area contributed by atoms with E-state index in [1.165, 1.54) is 6.07 Å². The van der Waals surface area contributed by atoms with Gasteiger partial charge in [-0.3, -0.25) is 4.72 Å². The molecule has 2 N–H and O–H groups in total. The van der Waals surface area contributed by atoms with Gasteiger partial charge in [0, 0.05) is 0 Å². The van der Waals surface area contributed by atoms with Gasteiger partial charge in [0.2, 0.25) is 0 Å². The zero-order valence-corrected chi connectivity index (χ0v) is 13.2. The maximum absolute atomic E-state index is 13.7. The van der Waals surface area contributed by atoms with Crippen LogP contribution in [0.2, 0.25) is 0 Å². The van der Waals surface area contributed by atoms with E-state index in [9.17, 15) is 22.0 Å². The lowest BCUT2D eigenvalue weighted by Crippen LogP contribution is -2.18. The minimum atomic E-state index is -4.33. The third kappa shape index (κ3) is 2.84. The Labute approximate surface area is 137 Å². The predicted octanol–water partition coefficient (Wildman–Crippen LogP) is 2.95. The first kappa shape index (κ1) is 16.4. The van der Waals surface area contributed by atoms with Crippen LogP contribution in [-0.4, -0.2) is 19.5 Å². The number of carboxylic acids is 1. The van der Waals surface area contributed by atoms with Gasteiger partial charge in [0.1, 0.15) is 17.3 Å². The summed E-state index contributed by atoms with van der Waals surface area (Å²) in [4.78, 5) is 11.0. The van der Waals surface area contributed by atoms with E-state index in [1.807, 2.05) is 4.72 Å². The van der Waals surface area contributed by atoms with Gasteiger partial charge in [-0.05, 0) is 54.7 Å². The van der Waals surface area contributed by atoms with E-state index in [0.29, 0.717) is 30.4 Å². The van der Waals surface area contributed by atoms with Crippen LogP contribution in [0.4, 0.5) is 14.5 Å². The van der Waals surface area contributed by atoms with Crippen molar-refractivity contribution in [3.8, 4) is 0 Å². The van der Waals surface area contributed by atoms with Gasteiger partial charge < -0.3 is 5.11 Å². The van der Waals surface area contributed by atoms with Crippen molar-refractivity contribution in [1.29, 1.82) is 0 Å². The number of nitrogens with one attached hydrogen (secondary N) is 1. The summed E-state index contributed by atoms with van der Waals surface area (Å²) >= 11 is 0. The number of carbonyl (C=O) groups is 1. The monoisotopic (exact) mass is 353 g/mol. The Morgan fingerprint density at radius 1 is 1.12 bits per heavy atom. The summed E-state index contributed by atoms with van der Waals surface area (Å²) in [6.07, 6.45) is 1.72. The number of para-hydroxylation sites is 1. The molecule has 0 saturated carbocycles. The Hall–Kier alpha value is -2.48. The van der Waals surface area contributed by atoms with Gasteiger partial charge >= 0.3 is 5.97 Å². The molecule has 0 atom stereocenters. The van der Waals surface area contributed by atoms with Crippen LogP contribution in [0.3, 0.4) is 0 Å². The highest BCUT2D eigenvalue weighted by Gasteiger charge is 2.27. The Bertz CT molecular complexity index is 921. The Morgan fingerprint density at radius 3 is 2.42 bits per heavy atom. The van der Waals surface area contributed by atoms with Crippen molar-refractivity contribution in [1.82, 2.24) is 0 Å². The lowest BCUT2D eigenvalue weighted by Gasteiger charge is -2.14. The number of aryl methyl sites for hydroxylation is 1. The smallest absolute Gasteiger partial charge is 0.335 e. The second-order valence-corrected chi connectivity index (χ2v) is 7.12. The molecule has 0 bridgehead atoms. The first-order valence-electron chi connectivity index (χ1n) is 7.15. The van der Waals surface area contributed by atoms with Crippen molar-refractivity contribution in [2.45, 2.75) is 24.2 Å². The van der Waals surface area contributed by atoms with Crippen molar-refractivity contribution >= 4 is 21.7 Å². The lowest BCUT2D eigenvalue weighted by atomic mass is 10.1. The highest BCUT2D eigenvalue weighted by Crippen LogP contribution is 2.32. The van der Waals surface area contributed by atoms with E-state index in [1.54, 1.807) is 0 Å². The molecule has 126 valence electrons. The first-order chi connectivity index (χ1) is 11.3. The summed E-state index contributed by atoms with van der Waals surface area (Å²) in [6, 6.07) is 5.43. The molecule has 2 aromatic carbocycles. The number of benzene rings is 2. The van der Waals surface area contributed by atoms with Crippen molar-refractivity contribution < 1.29 is 27.1 Å². The van der Waals surface area contributed by atoms with Crippen LogP contribution in [0.15, 0.2) is 35.2 Å². The summed E-state index contributed by atoms with van der Waals surface area (Å²) in [6.45, 7) is 0. The van der Waals surface area contributed by atoms with E-state index in [4.69, 9.17) is 5.11 Å². The molecule has 8 heteroatoms. The number of hydrogen-bond donors (Lipinski definition) is 2. The van der Waals surface area contributed by atoms with Gasteiger partial charge in [0.15, 0.2) is 0 Å². The zero-order valence-electron chi connectivity index (χ0n) is 12.3. The van der Waals surface area contributed by atoms with Crippen LogP contribution in [0.25, 0.3) is 0 Å². The molecule has 1 aliphatic carbocycles. The molecular weight excluding hydrogens is 340 g/mol.